The number of fused-ring (bicyclic) bond motifs is 3. The van der Waals surface area contributed by atoms with Crippen molar-refractivity contribution in [1.82, 2.24) is 24.8 Å². The first-order chi connectivity index (χ1) is 15.3. The van der Waals surface area contributed by atoms with Crippen LogP contribution in [0.1, 0.15) is 29.7 Å². The van der Waals surface area contributed by atoms with E-state index in [4.69, 9.17) is 9.97 Å². The van der Waals surface area contributed by atoms with E-state index in [0.717, 1.165) is 48.2 Å². The van der Waals surface area contributed by atoms with E-state index in [9.17, 15) is 0 Å². The van der Waals surface area contributed by atoms with Crippen LogP contribution in [0.25, 0.3) is 21.6 Å². The zero-order valence-electron chi connectivity index (χ0n) is 18.3. The normalized spacial score (nSPS) is 22.9. The third-order valence-electron chi connectivity index (χ3n) is 7.20. The highest BCUT2D eigenvalue weighted by atomic mass is 32.1. The van der Waals surface area contributed by atoms with Gasteiger partial charge in [0, 0.05) is 61.6 Å². The Morgan fingerprint density at radius 2 is 1.94 bits per heavy atom. The lowest BCUT2D eigenvalue weighted by Gasteiger charge is -2.43. The molecule has 162 valence electrons. The quantitative estimate of drug-likeness (QED) is 0.629. The molecule has 0 amide bonds. The van der Waals surface area contributed by atoms with Crippen LogP contribution in [0, 0.1) is 0 Å². The second-order valence-electron chi connectivity index (χ2n) is 9.23. The van der Waals surface area contributed by atoms with Gasteiger partial charge in [-0.1, -0.05) is 0 Å². The van der Waals surface area contributed by atoms with Gasteiger partial charge in [-0.2, -0.15) is 0 Å². The molecular weight excluding hydrogens is 404 g/mol. The molecule has 1 atom stereocenters. The summed E-state index contributed by atoms with van der Waals surface area (Å²) in [5.74, 6) is 1.97. The van der Waals surface area contributed by atoms with Crippen LogP contribution >= 0.6 is 11.3 Å². The number of aromatic nitrogens is 3. The molecule has 5 heterocycles. The molecule has 7 heteroatoms. The smallest absolute Gasteiger partial charge is 0.164 e. The minimum atomic E-state index is 0.711. The van der Waals surface area contributed by atoms with Gasteiger partial charge in [0.15, 0.2) is 5.82 Å². The number of likely N-dealkylation sites (N-methyl/N-ethyl adjacent to an activating group) is 1. The third kappa shape index (κ3) is 3.62. The molecule has 0 saturated carbocycles. The van der Waals surface area contributed by atoms with Gasteiger partial charge in [0.25, 0.3) is 0 Å². The number of hydrogen-bond acceptors (Lipinski definition) is 7. The van der Waals surface area contributed by atoms with E-state index in [-0.39, 0.29) is 0 Å². The van der Waals surface area contributed by atoms with Crippen molar-refractivity contribution in [3.05, 3.63) is 35.0 Å². The summed E-state index contributed by atoms with van der Waals surface area (Å²) in [6, 6.07) is 4.75. The zero-order chi connectivity index (χ0) is 20.8. The van der Waals surface area contributed by atoms with Gasteiger partial charge in [-0.3, -0.25) is 9.88 Å². The molecule has 1 aliphatic carbocycles. The molecule has 3 aromatic heterocycles. The van der Waals surface area contributed by atoms with Crippen molar-refractivity contribution in [2.75, 3.05) is 51.2 Å². The summed E-state index contributed by atoms with van der Waals surface area (Å²) in [6.45, 7) is 6.79. The van der Waals surface area contributed by atoms with Crippen molar-refractivity contribution in [3.8, 4) is 11.4 Å². The molecular formula is C24H30N6S. The number of piperidine rings is 1. The first-order valence-corrected chi connectivity index (χ1v) is 12.5. The highest BCUT2D eigenvalue weighted by Gasteiger charge is 2.30. The number of anilines is 1. The highest BCUT2D eigenvalue weighted by molar-refractivity contribution is 7.19. The van der Waals surface area contributed by atoms with Crippen molar-refractivity contribution in [2.45, 2.75) is 38.1 Å². The van der Waals surface area contributed by atoms with Crippen LogP contribution in [0.5, 0.6) is 0 Å². The van der Waals surface area contributed by atoms with Crippen LogP contribution in [-0.4, -0.2) is 77.1 Å². The molecule has 0 aromatic carbocycles. The van der Waals surface area contributed by atoms with Gasteiger partial charge in [-0.05, 0) is 63.4 Å². The SMILES string of the molecule is CN1CCCC(N2CCN(c3nc(-c4cccnc4)nc4sc5c(c34)CCC5)CC2)C1. The van der Waals surface area contributed by atoms with Crippen molar-refractivity contribution < 1.29 is 0 Å². The fourth-order valence-electron chi connectivity index (χ4n) is 5.57. The monoisotopic (exact) mass is 434 g/mol. The number of hydrogen-bond donors (Lipinski definition) is 0. The number of thiophene rings is 1. The minimum Gasteiger partial charge on any atom is -0.353 e. The third-order valence-corrected chi connectivity index (χ3v) is 8.38. The van der Waals surface area contributed by atoms with Gasteiger partial charge >= 0.3 is 0 Å². The Labute approximate surface area is 187 Å². The fourth-order valence-corrected chi connectivity index (χ4v) is 6.82. The average Bonchev–Trinajstić information content (AvgIpc) is 3.40. The van der Waals surface area contributed by atoms with Crippen LogP contribution in [0.4, 0.5) is 5.82 Å². The Kier molecular flexibility index (Phi) is 5.13. The van der Waals surface area contributed by atoms with Crippen LogP contribution in [0.2, 0.25) is 0 Å². The summed E-state index contributed by atoms with van der Waals surface area (Å²) < 4.78 is 0. The summed E-state index contributed by atoms with van der Waals surface area (Å²) in [7, 11) is 2.26. The van der Waals surface area contributed by atoms with Gasteiger partial charge in [-0.25, -0.2) is 9.97 Å². The van der Waals surface area contributed by atoms with E-state index in [0.29, 0.717) is 6.04 Å². The highest BCUT2D eigenvalue weighted by Crippen LogP contribution is 2.41. The van der Waals surface area contributed by atoms with Crippen molar-refractivity contribution >= 4 is 27.4 Å². The maximum atomic E-state index is 5.15. The Hall–Kier alpha value is -2.09. The fraction of sp³-hybridized carbons (Fsp3) is 0.542. The van der Waals surface area contributed by atoms with E-state index in [1.807, 2.05) is 29.8 Å². The number of likely N-dealkylation sites (tertiary alicyclic amines) is 1. The molecule has 6 nitrogen and oxygen atoms in total. The molecule has 0 spiro atoms. The second kappa shape index (κ2) is 8.11. The number of pyridine rings is 1. The molecule has 2 saturated heterocycles. The van der Waals surface area contributed by atoms with Gasteiger partial charge in [0.1, 0.15) is 10.6 Å². The molecule has 3 aliphatic rings. The van der Waals surface area contributed by atoms with E-state index in [1.54, 1.807) is 0 Å². The molecule has 31 heavy (non-hydrogen) atoms. The summed E-state index contributed by atoms with van der Waals surface area (Å²) in [6.07, 6.45) is 9.99. The molecule has 6 rings (SSSR count). The molecule has 0 N–H and O–H groups in total. The van der Waals surface area contributed by atoms with Gasteiger partial charge in [0.05, 0.1) is 5.39 Å². The average molecular weight is 435 g/mol. The zero-order valence-corrected chi connectivity index (χ0v) is 19.1. The lowest BCUT2D eigenvalue weighted by Crippen LogP contribution is -2.54. The van der Waals surface area contributed by atoms with E-state index < -0.39 is 0 Å². The summed E-state index contributed by atoms with van der Waals surface area (Å²) in [5.41, 5.74) is 2.52. The summed E-state index contributed by atoms with van der Waals surface area (Å²) >= 11 is 1.88. The molecule has 0 radical (unpaired) electrons. The standard InChI is InChI=1S/C24H30N6S/c1-28-10-4-6-18(16-28)29-11-13-30(14-12-29)23-21-19-7-2-8-20(19)31-24(21)27-22(26-23)17-5-3-9-25-15-17/h3,5,9,15,18H,2,4,6-8,10-14,16H2,1H3. The van der Waals surface area contributed by atoms with Crippen LogP contribution in [0.3, 0.4) is 0 Å². The van der Waals surface area contributed by atoms with E-state index in [2.05, 4.69) is 32.8 Å². The lowest BCUT2D eigenvalue weighted by molar-refractivity contribution is 0.106. The maximum absolute atomic E-state index is 5.15. The molecule has 3 aromatic rings. The predicted octanol–water partition coefficient (Wildman–Crippen LogP) is 3.46. The van der Waals surface area contributed by atoms with Crippen LogP contribution in [-0.2, 0) is 12.8 Å². The largest absolute Gasteiger partial charge is 0.353 e. The van der Waals surface area contributed by atoms with E-state index >= 15 is 0 Å². The molecule has 2 fully saturated rings. The number of nitrogens with zero attached hydrogens (tertiary/aromatic N) is 6. The summed E-state index contributed by atoms with van der Waals surface area (Å²) in [5, 5.41) is 1.33. The topological polar surface area (TPSA) is 48.4 Å². The molecule has 2 aliphatic heterocycles. The van der Waals surface area contributed by atoms with Gasteiger partial charge < -0.3 is 9.80 Å². The van der Waals surface area contributed by atoms with Crippen molar-refractivity contribution in [1.29, 1.82) is 0 Å². The van der Waals surface area contributed by atoms with Crippen LogP contribution < -0.4 is 4.90 Å². The minimum absolute atomic E-state index is 0.711. The number of piperazine rings is 1. The Morgan fingerprint density at radius 1 is 1.03 bits per heavy atom. The predicted molar refractivity (Wildman–Crippen MR) is 127 cm³/mol. The summed E-state index contributed by atoms with van der Waals surface area (Å²) in [4.78, 5) is 24.8. The number of aryl methyl sites for hydroxylation is 2. The van der Waals surface area contributed by atoms with Gasteiger partial charge in [0.2, 0.25) is 0 Å². The van der Waals surface area contributed by atoms with Crippen molar-refractivity contribution in [3.63, 3.8) is 0 Å². The lowest BCUT2D eigenvalue weighted by atomic mass is 10.0. The van der Waals surface area contributed by atoms with Crippen molar-refractivity contribution in [2.24, 2.45) is 0 Å². The Balaban J connectivity index is 1.33. The first-order valence-electron chi connectivity index (χ1n) is 11.7. The maximum Gasteiger partial charge on any atom is 0.164 e. The van der Waals surface area contributed by atoms with Gasteiger partial charge in [-0.15, -0.1) is 11.3 Å². The number of rotatable bonds is 3. The second-order valence-corrected chi connectivity index (χ2v) is 10.3. The Morgan fingerprint density at radius 3 is 2.74 bits per heavy atom. The Bertz CT molecular complexity index is 1070. The molecule has 0 bridgehead atoms. The van der Waals surface area contributed by atoms with Crippen LogP contribution in [0.15, 0.2) is 24.5 Å². The molecule has 1 unspecified atom stereocenters. The first kappa shape index (κ1) is 19.6. The van der Waals surface area contributed by atoms with E-state index in [1.165, 1.54) is 61.0 Å².